The molecule has 2 N–H and O–H groups in total. The van der Waals surface area contributed by atoms with E-state index in [4.69, 9.17) is 4.74 Å². The number of anilines is 2. The number of phenolic OH excluding ortho intramolecular Hbond substituents is 1. The molecule has 0 bridgehead atoms. The number of ether oxygens (including phenoxy) is 1. The summed E-state index contributed by atoms with van der Waals surface area (Å²) in [7, 11) is 0. The zero-order valence-corrected chi connectivity index (χ0v) is 31.8. The van der Waals surface area contributed by atoms with E-state index in [1.807, 2.05) is 31.2 Å². The van der Waals surface area contributed by atoms with Gasteiger partial charge in [0, 0.05) is 81.6 Å². The third kappa shape index (κ3) is 7.03. The molecular weight excluding hydrogens is 710 g/mol. The zero-order valence-electron chi connectivity index (χ0n) is 31.8. The number of piperazine rings is 1. The van der Waals surface area contributed by atoms with Crippen molar-refractivity contribution in [1.82, 2.24) is 15.1 Å². The molecule has 4 aromatic rings. The first-order valence-electron chi connectivity index (χ1n) is 20.0. The SMILES string of the molecule is Cc1ccc(F)cc1[C@@H]1OCc2cc(O)ccc2[C@@H]1c1ccc(N2CCC(CN3CCN(c4ccc5c(c4)CN([C@H]4CCC(=O)NC4=O)C5=O)CC3)CC2)cc1. The Hall–Kier alpha value is -5.26. The third-order valence-electron chi connectivity index (χ3n) is 12.7. The van der Waals surface area contributed by atoms with Gasteiger partial charge in [-0.05, 0) is 120 Å². The van der Waals surface area contributed by atoms with Crippen molar-refractivity contribution in [3.05, 3.63) is 124 Å². The number of halogens is 1. The summed E-state index contributed by atoms with van der Waals surface area (Å²) in [5.41, 5.74) is 8.90. The number of hydrogen-bond acceptors (Lipinski definition) is 8. The minimum atomic E-state index is -0.600. The van der Waals surface area contributed by atoms with Crippen molar-refractivity contribution in [1.29, 1.82) is 0 Å². The van der Waals surface area contributed by atoms with E-state index in [1.165, 1.54) is 11.8 Å². The lowest BCUT2D eigenvalue weighted by molar-refractivity contribution is -0.136. The first-order chi connectivity index (χ1) is 27.2. The number of imide groups is 1. The molecule has 5 aliphatic heterocycles. The van der Waals surface area contributed by atoms with Crippen LogP contribution in [0, 0.1) is 18.7 Å². The predicted octanol–water partition coefficient (Wildman–Crippen LogP) is 6.04. The van der Waals surface area contributed by atoms with Crippen LogP contribution >= 0.6 is 0 Å². The molecule has 0 radical (unpaired) electrons. The fourth-order valence-electron chi connectivity index (χ4n) is 9.58. The molecule has 0 aromatic heterocycles. The average Bonchev–Trinajstić information content (AvgIpc) is 3.53. The number of amides is 3. The Labute approximate surface area is 326 Å². The number of phenols is 1. The van der Waals surface area contributed by atoms with E-state index in [1.54, 1.807) is 23.1 Å². The molecule has 10 nitrogen and oxygen atoms in total. The highest BCUT2D eigenvalue weighted by Crippen LogP contribution is 2.47. The number of piperidine rings is 2. The second kappa shape index (κ2) is 15.0. The van der Waals surface area contributed by atoms with Crippen molar-refractivity contribution in [2.75, 3.05) is 55.6 Å². The molecule has 0 unspecified atom stereocenters. The van der Waals surface area contributed by atoms with Crippen LogP contribution in [-0.2, 0) is 27.5 Å². The molecule has 9 rings (SSSR count). The van der Waals surface area contributed by atoms with E-state index in [9.17, 15) is 23.9 Å². The van der Waals surface area contributed by atoms with Gasteiger partial charge < -0.3 is 24.5 Å². The molecule has 11 heteroatoms. The molecule has 4 aromatic carbocycles. The summed E-state index contributed by atoms with van der Waals surface area (Å²) in [6.45, 7) is 9.68. The lowest BCUT2D eigenvalue weighted by Gasteiger charge is -2.40. The van der Waals surface area contributed by atoms with Crippen molar-refractivity contribution in [2.24, 2.45) is 5.92 Å². The summed E-state index contributed by atoms with van der Waals surface area (Å²) < 4.78 is 20.9. The van der Waals surface area contributed by atoms with Crippen LogP contribution in [0.15, 0.2) is 78.9 Å². The number of nitrogens with one attached hydrogen (secondary N) is 1. The molecule has 0 saturated carbocycles. The number of carbonyl (C=O) groups is 3. The van der Waals surface area contributed by atoms with Crippen LogP contribution < -0.4 is 15.1 Å². The summed E-state index contributed by atoms with van der Waals surface area (Å²) in [6.07, 6.45) is 2.55. The van der Waals surface area contributed by atoms with Crippen LogP contribution in [0.25, 0.3) is 0 Å². The van der Waals surface area contributed by atoms with Crippen LogP contribution in [0.1, 0.15) is 81.4 Å². The van der Waals surface area contributed by atoms with Crippen LogP contribution in [0.4, 0.5) is 15.8 Å². The van der Waals surface area contributed by atoms with E-state index in [0.29, 0.717) is 31.1 Å². The third-order valence-corrected chi connectivity index (χ3v) is 12.7. The number of aromatic hydroxyl groups is 1. The normalized spacial score (nSPS) is 23.3. The van der Waals surface area contributed by atoms with Gasteiger partial charge in [-0.25, -0.2) is 4.39 Å². The number of carbonyl (C=O) groups excluding carboxylic acids is 3. The highest BCUT2D eigenvalue weighted by atomic mass is 19.1. The molecule has 0 spiro atoms. The van der Waals surface area contributed by atoms with Crippen LogP contribution in [0.3, 0.4) is 0 Å². The maximum Gasteiger partial charge on any atom is 0.255 e. The fraction of sp³-hybridized carbons (Fsp3) is 0.400. The summed E-state index contributed by atoms with van der Waals surface area (Å²) in [6, 6.07) is 24.6. The number of benzene rings is 4. The van der Waals surface area contributed by atoms with Crippen LogP contribution in [0.2, 0.25) is 0 Å². The lowest BCUT2D eigenvalue weighted by atomic mass is 9.79. The second-order valence-corrected chi connectivity index (χ2v) is 16.1. The van der Waals surface area contributed by atoms with E-state index in [0.717, 1.165) is 97.7 Å². The smallest absolute Gasteiger partial charge is 0.255 e. The Kier molecular flexibility index (Phi) is 9.75. The molecule has 3 atom stereocenters. The van der Waals surface area contributed by atoms with Gasteiger partial charge in [0.25, 0.3) is 5.91 Å². The highest BCUT2D eigenvalue weighted by Gasteiger charge is 2.40. The highest BCUT2D eigenvalue weighted by molar-refractivity contribution is 6.05. The van der Waals surface area contributed by atoms with Gasteiger partial charge in [0.2, 0.25) is 11.8 Å². The van der Waals surface area contributed by atoms with Crippen molar-refractivity contribution in [3.8, 4) is 5.75 Å². The first-order valence-corrected chi connectivity index (χ1v) is 20.0. The van der Waals surface area contributed by atoms with Crippen LogP contribution in [0.5, 0.6) is 5.75 Å². The summed E-state index contributed by atoms with van der Waals surface area (Å²) in [5, 5.41) is 12.6. The number of fused-ring (bicyclic) bond motifs is 2. The van der Waals surface area contributed by atoms with Gasteiger partial charge in [0.15, 0.2) is 0 Å². The van der Waals surface area contributed by atoms with Gasteiger partial charge in [0.1, 0.15) is 17.6 Å². The Morgan fingerprint density at radius 2 is 1.54 bits per heavy atom. The average molecular weight is 758 g/mol. The molecule has 0 aliphatic carbocycles. The topological polar surface area (TPSA) is 106 Å². The van der Waals surface area contributed by atoms with Crippen molar-refractivity contribution in [2.45, 2.75) is 63.8 Å². The summed E-state index contributed by atoms with van der Waals surface area (Å²) >= 11 is 0. The molecule has 3 fully saturated rings. The lowest BCUT2D eigenvalue weighted by Crippen LogP contribution is -2.52. The molecule has 3 saturated heterocycles. The van der Waals surface area contributed by atoms with Gasteiger partial charge in [-0.1, -0.05) is 24.3 Å². The van der Waals surface area contributed by atoms with E-state index >= 15 is 0 Å². The largest absolute Gasteiger partial charge is 0.508 e. The van der Waals surface area contributed by atoms with E-state index in [-0.39, 0.29) is 47.7 Å². The van der Waals surface area contributed by atoms with Crippen molar-refractivity contribution >= 4 is 29.1 Å². The first kappa shape index (κ1) is 36.4. The second-order valence-electron chi connectivity index (χ2n) is 16.1. The quantitative estimate of drug-likeness (QED) is 0.220. The summed E-state index contributed by atoms with van der Waals surface area (Å²) in [5.74, 6) is -0.352. The van der Waals surface area contributed by atoms with Gasteiger partial charge in [0.05, 0.1) is 12.7 Å². The monoisotopic (exact) mass is 757 g/mol. The molecule has 5 heterocycles. The Morgan fingerprint density at radius 1 is 0.786 bits per heavy atom. The maximum absolute atomic E-state index is 14.5. The molecule has 290 valence electrons. The summed E-state index contributed by atoms with van der Waals surface area (Å²) in [4.78, 5) is 46.3. The van der Waals surface area contributed by atoms with Crippen molar-refractivity contribution in [3.63, 3.8) is 0 Å². The molecule has 3 amide bonds. The number of aryl methyl sites for hydroxylation is 1. The number of rotatable bonds is 7. The van der Waals surface area contributed by atoms with Crippen LogP contribution in [-0.4, -0.2) is 84.5 Å². The Bertz CT molecular complexity index is 2160. The standard InChI is InChI=1S/C45H48FN5O5/c1-28-2-5-33(46)24-39(28)43-42(37-11-9-36(52)23-32(37)27-56-43)30-3-6-34(7-4-30)49-16-14-29(15-17-49)25-48-18-20-50(21-19-48)35-8-10-38-31(22-35)26-51(45(38)55)40-12-13-41(53)47-44(40)54/h2-11,22-24,29,40,42-43,52H,12-21,25-27H2,1H3,(H,47,53,54)/t40-,42-,43-/m0/s1. The fourth-order valence-corrected chi connectivity index (χ4v) is 9.58. The number of nitrogens with zero attached hydrogens (tertiary/aromatic N) is 4. The maximum atomic E-state index is 14.5. The number of hydrogen-bond donors (Lipinski definition) is 2. The minimum absolute atomic E-state index is 0.136. The van der Waals surface area contributed by atoms with Gasteiger partial charge >= 0.3 is 0 Å². The van der Waals surface area contributed by atoms with Crippen molar-refractivity contribution < 1.29 is 28.6 Å². The zero-order chi connectivity index (χ0) is 38.5. The van der Waals surface area contributed by atoms with Gasteiger partial charge in [-0.2, -0.15) is 0 Å². The van der Waals surface area contributed by atoms with E-state index in [2.05, 4.69) is 50.3 Å². The van der Waals surface area contributed by atoms with Gasteiger partial charge in [-0.15, -0.1) is 0 Å². The molecular formula is C45H48FN5O5. The Morgan fingerprint density at radius 3 is 2.30 bits per heavy atom. The minimum Gasteiger partial charge on any atom is -0.508 e. The predicted molar refractivity (Wildman–Crippen MR) is 211 cm³/mol. The van der Waals surface area contributed by atoms with Gasteiger partial charge in [-0.3, -0.25) is 24.6 Å². The Balaban J connectivity index is 0.791. The molecule has 56 heavy (non-hydrogen) atoms. The van der Waals surface area contributed by atoms with E-state index < -0.39 is 6.04 Å². The molecule has 5 aliphatic rings.